The molecule has 22 heavy (non-hydrogen) atoms. The van der Waals surface area contributed by atoms with Gasteiger partial charge in [0.2, 0.25) is 0 Å². The summed E-state index contributed by atoms with van der Waals surface area (Å²) in [6.07, 6.45) is 2.16. The van der Waals surface area contributed by atoms with Gasteiger partial charge in [0.1, 0.15) is 10.0 Å². The molecule has 1 N–H and O–H groups in total. The fourth-order valence-electron chi connectivity index (χ4n) is 1.99. The first kappa shape index (κ1) is 17.2. The second kappa shape index (κ2) is 6.98. The lowest BCUT2D eigenvalue weighted by molar-refractivity contribution is 0.600. The Morgan fingerprint density at radius 2 is 2.05 bits per heavy atom. The van der Waals surface area contributed by atoms with Crippen LogP contribution in [0.3, 0.4) is 0 Å². The van der Waals surface area contributed by atoms with E-state index in [1.807, 2.05) is 12.1 Å². The Labute approximate surface area is 144 Å². The van der Waals surface area contributed by atoms with Crippen molar-refractivity contribution in [1.82, 2.24) is 4.98 Å². The quantitative estimate of drug-likeness (QED) is 0.729. The Morgan fingerprint density at radius 3 is 2.68 bits per heavy atom. The van der Waals surface area contributed by atoms with E-state index >= 15 is 0 Å². The molecule has 0 aliphatic heterocycles. The molecule has 1 aromatic carbocycles. The van der Waals surface area contributed by atoms with E-state index in [-0.39, 0.29) is 16.0 Å². The molecule has 7 heteroatoms. The van der Waals surface area contributed by atoms with Crippen LogP contribution in [0.5, 0.6) is 0 Å². The number of nitrogens with zero attached hydrogens (tertiary/aromatic N) is 1. The first-order valence-electron chi connectivity index (χ1n) is 6.78. The fraction of sp³-hybridized carbons (Fsp3) is 0.267. The van der Waals surface area contributed by atoms with Crippen molar-refractivity contribution in [3.05, 3.63) is 51.7 Å². The van der Waals surface area contributed by atoms with E-state index in [0.29, 0.717) is 10.2 Å². The van der Waals surface area contributed by atoms with Crippen molar-refractivity contribution < 1.29 is 8.42 Å². The Kier molecular flexibility index (Phi) is 5.47. The van der Waals surface area contributed by atoms with Gasteiger partial charge in [-0.2, -0.15) is 0 Å². The van der Waals surface area contributed by atoms with Gasteiger partial charge in [0.15, 0.2) is 0 Å². The van der Waals surface area contributed by atoms with E-state index in [2.05, 4.69) is 39.5 Å². The Hall–Kier alpha value is -1.11. The minimum absolute atomic E-state index is 0.0581. The van der Waals surface area contributed by atoms with Crippen molar-refractivity contribution in [3.8, 4) is 0 Å². The second-order valence-corrected chi connectivity index (χ2v) is 7.84. The topological polar surface area (TPSA) is 59.1 Å². The van der Waals surface area contributed by atoms with E-state index in [9.17, 15) is 8.42 Å². The zero-order valence-corrected chi connectivity index (χ0v) is 15.3. The van der Waals surface area contributed by atoms with Gasteiger partial charge in [0, 0.05) is 6.20 Å². The van der Waals surface area contributed by atoms with Crippen LogP contribution in [0.15, 0.2) is 45.9 Å². The van der Waals surface area contributed by atoms with Gasteiger partial charge in [-0.1, -0.05) is 43.6 Å². The number of nitrogens with one attached hydrogen (secondary N) is 1. The molecule has 0 spiro atoms. The lowest BCUT2D eigenvalue weighted by Crippen LogP contribution is -2.15. The molecule has 0 aliphatic rings. The van der Waals surface area contributed by atoms with Gasteiger partial charge in [-0.25, -0.2) is 13.4 Å². The summed E-state index contributed by atoms with van der Waals surface area (Å²) in [4.78, 5) is 3.92. The molecule has 1 unspecified atom stereocenters. The molecule has 0 saturated heterocycles. The molecule has 1 heterocycles. The maximum atomic E-state index is 12.5. The number of anilines is 1. The largest absolute Gasteiger partial charge is 0.279 e. The summed E-state index contributed by atoms with van der Waals surface area (Å²) in [7, 11) is -3.72. The highest BCUT2D eigenvalue weighted by atomic mass is 79.9. The molecule has 0 radical (unpaired) electrons. The van der Waals surface area contributed by atoms with Crippen LogP contribution < -0.4 is 4.72 Å². The normalized spacial score (nSPS) is 12.9. The summed E-state index contributed by atoms with van der Waals surface area (Å²) in [6, 6.07) is 8.84. The summed E-state index contributed by atoms with van der Waals surface area (Å²) in [5, 5.41) is 0.221. The zero-order valence-electron chi connectivity index (χ0n) is 12.2. The first-order valence-corrected chi connectivity index (χ1v) is 9.43. The SMILES string of the molecule is CCC(C)c1ccccc1NS(=O)(=O)c1cnc(Cl)c(Br)c1. The maximum Gasteiger partial charge on any atom is 0.263 e. The Bertz CT molecular complexity index is 781. The molecule has 0 bridgehead atoms. The van der Waals surface area contributed by atoms with Crippen LogP contribution in [0.25, 0.3) is 0 Å². The van der Waals surface area contributed by atoms with Crippen molar-refractivity contribution >= 4 is 43.2 Å². The summed E-state index contributed by atoms with van der Waals surface area (Å²) in [5.74, 6) is 0.258. The highest BCUT2D eigenvalue weighted by Gasteiger charge is 2.19. The molecule has 0 saturated carbocycles. The van der Waals surface area contributed by atoms with Crippen molar-refractivity contribution in [1.29, 1.82) is 0 Å². The number of para-hydroxylation sites is 1. The third-order valence-corrected chi connectivity index (χ3v) is 5.90. The average Bonchev–Trinajstić information content (AvgIpc) is 2.49. The Morgan fingerprint density at radius 1 is 1.36 bits per heavy atom. The highest BCUT2D eigenvalue weighted by molar-refractivity contribution is 9.10. The molecule has 4 nitrogen and oxygen atoms in total. The molecule has 2 rings (SSSR count). The smallest absolute Gasteiger partial charge is 0.263 e. The molecule has 1 atom stereocenters. The van der Waals surface area contributed by atoms with Crippen LogP contribution in [-0.4, -0.2) is 13.4 Å². The van der Waals surface area contributed by atoms with Gasteiger partial charge in [0.05, 0.1) is 10.2 Å². The number of sulfonamides is 1. The number of halogens is 2. The number of benzene rings is 1. The zero-order chi connectivity index (χ0) is 16.3. The van der Waals surface area contributed by atoms with Crippen LogP contribution in [0.4, 0.5) is 5.69 Å². The second-order valence-electron chi connectivity index (χ2n) is 4.95. The number of pyridine rings is 1. The van der Waals surface area contributed by atoms with Crippen LogP contribution in [-0.2, 0) is 10.0 Å². The summed E-state index contributed by atoms with van der Waals surface area (Å²) < 4.78 is 28.1. The predicted molar refractivity (Wildman–Crippen MR) is 92.9 cm³/mol. The minimum atomic E-state index is -3.72. The molecule has 1 aromatic heterocycles. The van der Waals surface area contributed by atoms with Gasteiger partial charge >= 0.3 is 0 Å². The van der Waals surface area contributed by atoms with E-state index < -0.39 is 10.0 Å². The summed E-state index contributed by atoms with van der Waals surface area (Å²) >= 11 is 8.99. The van der Waals surface area contributed by atoms with Crippen LogP contribution >= 0.6 is 27.5 Å². The van der Waals surface area contributed by atoms with Gasteiger partial charge in [-0.05, 0) is 46.0 Å². The van der Waals surface area contributed by atoms with Gasteiger partial charge in [-0.3, -0.25) is 4.72 Å². The van der Waals surface area contributed by atoms with E-state index in [1.165, 1.54) is 12.3 Å². The standard InChI is InChI=1S/C15H16BrClN2O2S/c1-3-10(2)12-6-4-5-7-14(12)19-22(20,21)11-8-13(16)15(17)18-9-11/h4-10,19H,3H2,1-2H3. The maximum absolute atomic E-state index is 12.5. The van der Waals surface area contributed by atoms with Crippen LogP contribution in [0.1, 0.15) is 31.7 Å². The molecule has 118 valence electrons. The third kappa shape index (κ3) is 3.80. The molecule has 2 aromatic rings. The van der Waals surface area contributed by atoms with E-state index in [0.717, 1.165) is 12.0 Å². The van der Waals surface area contributed by atoms with Crippen molar-refractivity contribution in [3.63, 3.8) is 0 Å². The van der Waals surface area contributed by atoms with Crippen molar-refractivity contribution in [2.75, 3.05) is 4.72 Å². The lowest BCUT2D eigenvalue weighted by atomic mass is 9.97. The Balaban J connectivity index is 2.39. The van der Waals surface area contributed by atoms with Gasteiger partial charge in [0.25, 0.3) is 10.0 Å². The average molecular weight is 404 g/mol. The summed E-state index contributed by atoms with van der Waals surface area (Å²) in [5.41, 5.74) is 1.55. The number of hydrogen-bond acceptors (Lipinski definition) is 3. The third-order valence-electron chi connectivity index (χ3n) is 3.43. The van der Waals surface area contributed by atoms with Gasteiger partial charge in [-0.15, -0.1) is 0 Å². The van der Waals surface area contributed by atoms with Crippen LogP contribution in [0, 0.1) is 0 Å². The van der Waals surface area contributed by atoms with E-state index in [4.69, 9.17) is 11.6 Å². The van der Waals surface area contributed by atoms with Crippen molar-refractivity contribution in [2.24, 2.45) is 0 Å². The molecular weight excluding hydrogens is 388 g/mol. The number of aromatic nitrogens is 1. The fourth-order valence-corrected chi connectivity index (χ4v) is 3.66. The molecule has 0 amide bonds. The van der Waals surface area contributed by atoms with Crippen LogP contribution in [0.2, 0.25) is 5.15 Å². The molecule has 0 aliphatic carbocycles. The highest BCUT2D eigenvalue weighted by Crippen LogP contribution is 2.29. The predicted octanol–water partition coefficient (Wildman–Crippen LogP) is 4.81. The number of hydrogen-bond donors (Lipinski definition) is 1. The minimum Gasteiger partial charge on any atom is -0.279 e. The monoisotopic (exact) mass is 402 g/mol. The van der Waals surface area contributed by atoms with E-state index in [1.54, 1.807) is 12.1 Å². The first-order chi connectivity index (χ1) is 10.3. The number of rotatable bonds is 5. The molecule has 0 fully saturated rings. The van der Waals surface area contributed by atoms with Gasteiger partial charge < -0.3 is 0 Å². The molecular formula is C15H16BrClN2O2S. The van der Waals surface area contributed by atoms with Crippen molar-refractivity contribution in [2.45, 2.75) is 31.1 Å². The summed E-state index contributed by atoms with van der Waals surface area (Å²) in [6.45, 7) is 4.13. The lowest BCUT2D eigenvalue weighted by Gasteiger charge is -2.16.